The number of aliphatic hydroxyl groups is 1. The van der Waals surface area contributed by atoms with Gasteiger partial charge in [0.05, 0.1) is 17.9 Å². The lowest BCUT2D eigenvalue weighted by Gasteiger charge is -2.14. The van der Waals surface area contributed by atoms with Crippen LogP contribution in [-0.2, 0) is 5.75 Å². The number of carbonyl (C=O) groups is 1. The summed E-state index contributed by atoms with van der Waals surface area (Å²) in [6, 6.07) is 9.35. The molecule has 3 aromatic heterocycles. The molecule has 0 saturated carbocycles. The molecule has 0 aromatic carbocycles. The molecule has 0 bridgehead atoms. The van der Waals surface area contributed by atoms with Gasteiger partial charge in [-0.15, -0.1) is 11.8 Å². The Bertz CT molecular complexity index is 1170. The van der Waals surface area contributed by atoms with Crippen LogP contribution in [0.15, 0.2) is 35.6 Å². The Morgan fingerprint density at radius 3 is 2.71 bits per heavy atom. The van der Waals surface area contributed by atoms with Crippen molar-refractivity contribution in [2.24, 2.45) is 0 Å². The third-order valence-electron chi connectivity index (χ3n) is 4.22. The van der Waals surface area contributed by atoms with E-state index in [9.17, 15) is 20.4 Å². The lowest BCUT2D eigenvalue weighted by molar-refractivity contribution is 0.0958. The summed E-state index contributed by atoms with van der Waals surface area (Å²) in [6.45, 7) is 0.0493. The zero-order valence-corrected chi connectivity index (χ0v) is 17.3. The van der Waals surface area contributed by atoms with E-state index in [1.54, 1.807) is 24.4 Å². The van der Waals surface area contributed by atoms with Crippen molar-refractivity contribution < 1.29 is 9.90 Å². The van der Waals surface area contributed by atoms with Crippen molar-refractivity contribution >= 4 is 23.5 Å². The number of hydrogen-bond acceptors (Lipinski definition) is 9. The number of anilines is 1. The molecule has 3 rings (SSSR count). The van der Waals surface area contributed by atoms with Crippen molar-refractivity contribution in [1.29, 1.82) is 10.5 Å². The van der Waals surface area contributed by atoms with Gasteiger partial charge in [-0.1, -0.05) is 0 Å². The second-order valence-electron chi connectivity index (χ2n) is 6.15. The Kier molecular flexibility index (Phi) is 7.17. The molecular formula is C20H18N8O2S. The van der Waals surface area contributed by atoms with Gasteiger partial charge in [-0.2, -0.15) is 15.6 Å². The van der Waals surface area contributed by atoms with Crippen LogP contribution >= 0.6 is 11.8 Å². The van der Waals surface area contributed by atoms with Gasteiger partial charge in [0.15, 0.2) is 0 Å². The van der Waals surface area contributed by atoms with E-state index < -0.39 is 0 Å². The van der Waals surface area contributed by atoms with E-state index in [-0.39, 0.29) is 41.7 Å². The van der Waals surface area contributed by atoms with Crippen LogP contribution in [0.4, 0.5) is 5.82 Å². The standard InChI is InChI=1S/C20H18N8O2S/c1-23-19(30)16-8-12(2-4-24-16)11-31-20-14(10-22)17(15-3-5-26-28-15)13(9-21)18(27-20)25-6-7-29/h2-5,8,29H,6-7,11H2,1H3,(H,23,30)(H,25,27)(H,26,28). The second kappa shape index (κ2) is 10.2. The van der Waals surface area contributed by atoms with Gasteiger partial charge in [0.1, 0.15) is 34.2 Å². The largest absolute Gasteiger partial charge is 0.395 e. The number of thioether (sulfide) groups is 1. The molecule has 3 aromatic rings. The molecule has 0 atom stereocenters. The summed E-state index contributed by atoms with van der Waals surface area (Å²) in [5, 5.41) is 41.4. The Labute approximate surface area is 182 Å². The fraction of sp³-hybridized carbons (Fsp3) is 0.200. The normalized spacial score (nSPS) is 10.2. The summed E-state index contributed by atoms with van der Waals surface area (Å²) >= 11 is 1.29. The number of carbonyl (C=O) groups excluding carboxylic acids is 1. The maximum absolute atomic E-state index is 11.8. The van der Waals surface area contributed by atoms with Crippen molar-refractivity contribution in [2.75, 3.05) is 25.5 Å². The zero-order chi connectivity index (χ0) is 22.2. The van der Waals surface area contributed by atoms with Crippen molar-refractivity contribution in [3.05, 3.63) is 53.0 Å². The average Bonchev–Trinajstić information content (AvgIpc) is 3.34. The van der Waals surface area contributed by atoms with E-state index in [1.165, 1.54) is 25.0 Å². The van der Waals surface area contributed by atoms with Gasteiger partial charge >= 0.3 is 0 Å². The fourth-order valence-corrected chi connectivity index (χ4v) is 3.75. The predicted octanol–water partition coefficient (Wildman–Crippen LogP) is 1.67. The van der Waals surface area contributed by atoms with Crippen molar-refractivity contribution in [3.63, 3.8) is 0 Å². The number of aromatic amines is 1. The molecule has 3 heterocycles. The topological polar surface area (TPSA) is 163 Å². The molecule has 0 radical (unpaired) electrons. The summed E-state index contributed by atoms with van der Waals surface area (Å²) in [4.78, 5) is 20.4. The fourth-order valence-electron chi connectivity index (χ4n) is 2.82. The number of rotatable bonds is 8. The molecule has 11 heteroatoms. The second-order valence-corrected chi connectivity index (χ2v) is 7.12. The van der Waals surface area contributed by atoms with Crippen molar-refractivity contribution in [2.45, 2.75) is 10.8 Å². The quantitative estimate of drug-likeness (QED) is 0.386. The lowest BCUT2D eigenvalue weighted by Crippen LogP contribution is -2.19. The maximum atomic E-state index is 11.8. The van der Waals surface area contributed by atoms with Gasteiger partial charge in [0, 0.05) is 37.3 Å². The molecule has 4 N–H and O–H groups in total. The predicted molar refractivity (Wildman–Crippen MR) is 114 cm³/mol. The highest BCUT2D eigenvalue weighted by Crippen LogP contribution is 2.36. The van der Waals surface area contributed by atoms with Gasteiger partial charge < -0.3 is 15.7 Å². The Morgan fingerprint density at radius 2 is 2.06 bits per heavy atom. The van der Waals surface area contributed by atoms with E-state index in [0.717, 1.165) is 5.56 Å². The van der Waals surface area contributed by atoms with E-state index in [1.807, 2.05) is 0 Å². The minimum absolute atomic E-state index is 0.145. The number of nitrogens with one attached hydrogen (secondary N) is 3. The molecule has 156 valence electrons. The summed E-state index contributed by atoms with van der Waals surface area (Å²) in [5.74, 6) is 0.392. The van der Waals surface area contributed by atoms with Crippen LogP contribution in [0, 0.1) is 22.7 Å². The lowest BCUT2D eigenvalue weighted by atomic mass is 10.0. The molecule has 0 unspecified atom stereocenters. The molecule has 0 aliphatic heterocycles. The first-order valence-electron chi connectivity index (χ1n) is 9.15. The van der Waals surface area contributed by atoms with Crippen LogP contribution in [0.1, 0.15) is 27.2 Å². The molecule has 1 amide bonds. The van der Waals surface area contributed by atoms with Gasteiger partial charge in [-0.3, -0.25) is 14.9 Å². The SMILES string of the molecule is CNC(=O)c1cc(CSc2nc(NCCO)c(C#N)c(-c3ccn[nH]3)c2C#N)ccn1. The van der Waals surface area contributed by atoms with Gasteiger partial charge in [0.2, 0.25) is 0 Å². The number of hydrogen-bond donors (Lipinski definition) is 4. The minimum atomic E-state index is -0.293. The van der Waals surface area contributed by atoms with E-state index >= 15 is 0 Å². The highest BCUT2D eigenvalue weighted by atomic mass is 32.2. The van der Waals surface area contributed by atoms with Crippen molar-refractivity contribution in [1.82, 2.24) is 25.5 Å². The molecule has 0 spiro atoms. The molecule has 0 aliphatic rings. The number of nitrogens with zero attached hydrogens (tertiary/aromatic N) is 5. The third-order valence-corrected chi connectivity index (χ3v) is 5.27. The van der Waals surface area contributed by atoms with Crippen LogP contribution in [0.5, 0.6) is 0 Å². The summed E-state index contributed by atoms with van der Waals surface area (Å²) in [5.41, 5.74) is 2.43. The Morgan fingerprint density at radius 1 is 1.26 bits per heavy atom. The molecular weight excluding hydrogens is 416 g/mol. The highest BCUT2D eigenvalue weighted by molar-refractivity contribution is 7.98. The first-order valence-corrected chi connectivity index (χ1v) is 10.1. The van der Waals surface area contributed by atoms with Crippen LogP contribution < -0.4 is 10.6 Å². The number of nitriles is 2. The van der Waals surface area contributed by atoms with Crippen molar-refractivity contribution in [3.8, 4) is 23.4 Å². The van der Waals surface area contributed by atoms with Gasteiger partial charge in [0.25, 0.3) is 5.91 Å². The van der Waals surface area contributed by atoms with Crippen LogP contribution in [0.3, 0.4) is 0 Å². The first-order chi connectivity index (χ1) is 15.1. The van der Waals surface area contributed by atoms with Gasteiger partial charge in [-0.05, 0) is 23.8 Å². The average molecular weight is 434 g/mol. The molecule has 31 heavy (non-hydrogen) atoms. The zero-order valence-electron chi connectivity index (χ0n) is 16.5. The van der Waals surface area contributed by atoms with E-state index in [4.69, 9.17) is 0 Å². The van der Waals surface area contributed by atoms with Crippen LogP contribution in [0.25, 0.3) is 11.3 Å². The highest BCUT2D eigenvalue weighted by Gasteiger charge is 2.22. The number of aromatic nitrogens is 4. The number of aliphatic hydroxyl groups excluding tert-OH is 1. The van der Waals surface area contributed by atoms with Crippen LogP contribution in [-0.4, -0.2) is 51.4 Å². The van der Waals surface area contributed by atoms with Gasteiger partial charge in [-0.25, -0.2) is 4.98 Å². The molecule has 0 saturated heterocycles. The Balaban J connectivity index is 2.04. The monoisotopic (exact) mass is 434 g/mol. The molecule has 0 aliphatic carbocycles. The smallest absolute Gasteiger partial charge is 0.269 e. The molecule has 10 nitrogen and oxygen atoms in total. The van der Waals surface area contributed by atoms with E-state index in [2.05, 4.69) is 42.9 Å². The molecule has 0 fully saturated rings. The van der Waals surface area contributed by atoms with Crippen LogP contribution in [0.2, 0.25) is 0 Å². The third kappa shape index (κ3) is 4.80. The summed E-state index contributed by atoms with van der Waals surface area (Å²) < 4.78 is 0. The summed E-state index contributed by atoms with van der Waals surface area (Å²) in [6.07, 6.45) is 3.07. The minimum Gasteiger partial charge on any atom is -0.395 e. The summed E-state index contributed by atoms with van der Waals surface area (Å²) in [7, 11) is 1.53. The number of amides is 1. The number of H-pyrrole nitrogens is 1. The Hall–Kier alpha value is -3.93. The first kappa shape index (κ1) is 21.8. The number of pyridine rings is 2. The van der Waals surface area contributed by atoms with E-state index in [0.29, 0.717) is 22.0 Å². The maximum Gasteiger partial charge on any atom is 0.269 e.